The first-order valence-electron chi connectivity index (χ1n) is 9.68. The molecule has 0 radical (unpaired) electrons. The Balaban J connectivity index is 1.37. The molecule has 1 saturated carbocycles. The molecule has 150 valence electrons. The number of carbonyl (C=O) groups excluding carboxylic acids is 2. The smallest absolute Gasteiger partial charge is 0.257 e. The van der Waals surface area contributed by atoms with E-state index in [4.69, 9.17) is 5.26 Å². The van der Waals surface area contributed by atoms with Gasteiger partial charge in [0.05, 0.1) is 11.6 Å². The number of rotatable bonds is 6. The highest BCUT2D eigenvalue weighted by atomic mass is 32.1. The van der Waals surface area contributed by atoms with Crippen LogP contribution in [0.1, 0.15) is 39.7 Å². The van der Waals surface area contributed by atoms with Crippen LogP contribution < -0.4 is 10.6 Å². The number of aromatic nitrogens is 1. The van der Waals surface area contributed by atoms with E-state index in [-0.39, 0.29) is 17.7 Å². The molecule has 0 saturated heterocycles. The summed E-state index contributed by atoms with van der Waals surface area (Å²) in [5, 5.41) is 15.1. The molecular formula is C23H20N4O2S. The number of nitrogens with zero attached hydrogens (tertiary/aromatic N) is 2. The second-order valence-electron chi connectivity index (χ2n) is 7.46. The van der Waals surface area contributed by atoms with Crippen LogP contribution in [-0.4, -0.2) is 16.8 Å². The summed E-state index contributed by atoms with van der Waals surface area (Å²) in [7, 11) is 0. The fourth-order valence-corrected chi connectivity index (χ4v) is 4.02. The van der Waals surface area contributed by atoms with Crippen molar-refractivity contribution in [2.75, 3.05) is 10.6 Å². The Bertz CT molecular complexity index is 1130. The summed E-state index contributed by atoms with van der Waals surface area (Å²) >= 11 is 1.41. The topological polar surface area (TPSA) is 94.9 Å². The van der Waals surface area contributed by atoms with Crippen LogP contribution >= 0.6 is 11.3 Å². The summed E-state index contributed by atoms with van der Waals surface area (Å²) < 4.78 is 0. The molecule has 0 aliphatic heterocycles. The van der Waals surface area contributed by atoms with E-state index in [1.165, 1.54) is 11.3 Å². The van der Waals surface area contributed by atoms with Crippen molar-refractivity contribution in [1.82, 2.24) is 4.98 Å². The Morgan fingerprint density at radius 3 is 2.67 bits per heavy atom. The van der Waals surface area contributed by atoms with Crippen molar-refractivity contribution in [2.24, 2.45) is 11.8 Å². The second-order valence-corrected chi connectivity index (χ2v) is 8.58. The molecule has 1 aliphatic rings. The van der Waals surface area contributed by atoms with E-state index in [9.17, 15) is 9.59 Å². The Morgan fingerprint density at radius 2 is 1.97 bits per heavy atom. The van der Waals surface area contributed by atoms with Gasteiger partial charge in [-0.25, -0.2) is 4.98 Å². The monoisotopic (exact) mass is 416 g/mol. The first-order valence-corrected chi connectivity index (χ1v) is 10.5. The predicted octanol–water partition coefficient (Wildman–Crippen LogP) is 4.45. The number of hydrogen-bond acceptors (Lipinski definition) is 5. The molecule has 2 atom stereocenters. The zero-order valence-electron chi connectivity index (χ0n) is 16.4. The third-order valence-electron chi connectivity index (χ3n) is 5.07. The van der Waals surface area contributed by atoms with Crippen molar-refractivity contribution in [1.29, 1.82) is 5.26 Å². The van der Waals surface area contributed by atoms with Gasteiger partial charge in [0.1, 0.15) is 0 Å². The third-order valence-corrected chi connectivity index (χ3v) is 5.99. The number of thiazole rings is 1. The molecule has 0 spiro atoms. The maximum atomic E-state index is 12.6. The molecule has 4 rings (SSSR count). The van der Waals surface area contributed by atoms with Gasteiger partial charge in [-0.05, 0) is 48.2 Å². The molecule has 2 unspecified atom stereocenters. The lowest BCUT2D eigenvalue weighted by molar-refractivity contribution is -0.117. The minimum absolute atomic E-state index is 0.00688. The maximum absolute atomic E-state index is 12.6. The summed E-state index contributed by atoms with van der Waals surface area (Å²) in [6.45, 7) is 2.05. The molecular weight excluding hydrogens is 396 g/mol. The Kier molecular flexibility index (Phi) is 5.59. The minimum atomic E-state index is -0.273. The zero-order valence-corrected chi connectivity index (χ0v) is 17.2. The normalized spacial score (nSPS) is 17.1. The zero-order chi connectivity index (χ0) is 21.1. The van der Waals surface area contributed by atoms with Gasteiger partial charge in [0, 0.05) is 34.7 Å². The van der Waals surface area contributed by atoms with E-state index in [0.717, 1.165) is 16.9 Å². The van der Waals surface area contributed by atoms with Crippen LogP contribution in [0.5, 0.6) is 0 Å². The lowest BCUT2D eigenvalue weighted by Crippen LogP contribution is -2.16. The first kappa shape index (κ1) is 19.8. The van der Waals surface area contributed by atoms with Gasteiger partial charge in [-0.2, -0.15) is 5.26 Å². The van der Waals surface area contributed by atoms with Crippen LogP contribution in [0.2, 0.25) is 0 Å². The van der Waals surface area contributed by atoms with Gasteiger partial charge in [-0.15, -0.1) is 11.3 Å². The molecule has 3 aromatic rings. The van der Waals surface area contributed by atoms with Crippen LogP contribution in [0, 0.1) is 23.2 Å². The number of amides is 2. The highest BCUT2D eigenvalue weighted by Gasteiger charge is 2.39. The summed E-state index contributed by atoms with van der Waals surface area (Å²) in [4.78, 5) is 30.0. The highest BCUT2D eigenvalue weighted by Crippen LogP contribution is 2.38. The van der Waals surface area contributed by atoms with Crippen molar-refractivity contribution >= 4 is 34.0 Å². The van der Waals surface area contributed by atoms with E-state index in [1.807, 2.05) is 12.1 Å². The SMILES string of the molecule is CC1CC1C(=O)Nc1cccc(C(=O)Nc2ncc(Cc3ccc(C#N)cc3)s2)c1. The van der Waals surface area contributed by atoms with E-state index < -0.39 is 0 Å². The molecule has 6 nitrogen and oxygen atoms in total. The van der Waals surface area contributed by atoms with Gasteiger partial charge in [0.25, 0.3) is 5.91 Å². The van der Waals surface area contributed by atoms with Crippen LogP contribution in [0.4, 0.5) is 10.8 Å². The van der Waals surface area contributed by atoms with Gasteiger partial charge in [-0.3, -0.25) is 14.9 Å². The third kappa shape index (κ3) is 4.73. The van der Waals surface area contributed by atoms with Gasteiger partial charge in [0.2, 0.25) is 5.91 Å². The number of nitriles is 1. The first-order chi connectivity index (χ1) is 14.5. The van der Waals surface area contributed by atoms with Gasteiger partial charge >= 0.3 is 0 Å². The van der Waals surface area contributed by atoms with Crippen LogP contribution in [0.25, 0.3) is 0 Å². The quantitative estimate of drug-likeness (QED) is 0.620. The number of hydrogen-bond donors (Lipinski definition) is 2. The average molecular weight is 417 g/mol. The van der Waals surface area contributed by atoms with E-state index in [1.54, 1.807) is 42.6 Å². The number of anilines is 2. The summed E-state index contributed by atoms with van der Waals surface area (Å²) in [6, 6.07) is 16.4. The molecule has 1 heterocycles. The lowest BCUT2D eigenvalue weighted by Gasteiger charge is -2.07. The van der Waals surface area contributed by atoms with Gasteiger partial charge in [0.15, 0.2) is 5.13 Å². The maximum Gasteiger partial charge on any atom is 0.257 e. The van der Waals surface area contributed by atoms with Crippen LogP contribution in [-0.2, 0) is 11.2 Å². The van der Waals surface area contributed by atoms with Gasteiger partial charge < -0.3 is 5.32 Å². The van der Waals surface area contributed by atoms with E-state index in [0.29, 0.717) is 34.3 Å². The van der Waals surface area contributed by atoms with Crippen molar-refractivity contribution in [3.8, 4) is 6.07 Å². The number of nitrogens with one attached hydrogen (secondary N) is 2. The Labute approximate surface area is 178 Å². The Morgan fingerprint density at radius 1 is 1.20 bits per heavy atom. The molecule has 30 heavy (non-hydrogen) atoms. The Hall–Kier alpha value is -3.50. The van der Waals surface area contributed by atoms with Gasteiger partial charge in [-0.1, -0.05) is 25.1 Å². The standard InChI is InChI=1S/C23H20N4O2S/c1-14-9-20(14)22(29)26-18-4-2-3-17(11-18)21(28)27-23-25-13-19(30-23)10-15-5-7-16(12-24)8-6-15/h2-8,11,13-14,20H,9-10H2,1H3,(H,26,29)(H,25,27,28). The lowest BCUT2D eigenvalue weighted by atomic mass is 10.1. The molecule has 2 amide bonds. The van der Waals surface area contributed by atoms with E-state index >= 15 is 0 Å². The molecule has 1 aromatic heterocycles. The molecule has 2 N–H and O–H groups in total. The molecule has 7 heteroatoms. The fraction of sp³-hybridized carbons (Fsp3) is 0.217. The fourth-order valence-electron chi connectivity index (χ4n) is 3.18. The van der Waals surface area contributed by atoms with Crippen molar-refractivity contribution < 1.29 is 9.59 Å². The molecule has 1 fully saturated rings. The molecule has 1 aliphatic carbocycles. The molecule has 0 bridgehead atoms. The predicted molar refractivity (Wildman–Crippen MR) is 116 cm³/mol. The number of benzene rings is 2. The van der Waals surface area contributed by atoms with Crippen LogP contribution in [0.15, 0.2) is 54.7 Å². The van der Waals surface area contributed by atoms with Crippen molar-refractivity contribution in [3.63, 3.8) is 0 Å². The summed E-state index contributed by atoms with van der Waals surface area (Å²) in [5.41, 5.74) is 2.78. The summed E-state index contributed by atoms with van der Waals surface area (Å²) in [6.07, 6.45) is 3.34. The van der Waals surface area contributed by atoms with Crippen molar-refractivity contribution in [2.45, 2.75) is 19.8 Å². The summed E-state index contributed by atoms with van der Waals surface area (Å²) in [5.74, 6) is 0.241. The largest absolute Gasteiger partial charge is 0.326 e. The van der Waals surface area contributed by atoms with Crippen LogP contribution in [0.3, 0.4) is 0 Å². The molecule has 2 aromatic carbocycles. The number of carbonyl (C=O) groups is 2. The highest BCUT2D eigenvalue weighted by molar-refractivity contribution is 7.15. The minimum Gasteiger partial charge on any atom is -0.326 e. The van der Waals surface area contributed by atoms with E-state index in [2.05, 4.69) is 28.6 Å². The average Bonchev–Trinajstić information content (AvgIpc) is 3.33. The van der Waals surface area contributed by atoms with Crippen molar-refractivity contribution in [3.05, 3.63) is 76.3 Å². The second kappa shape index (κ2) is 8.47.